The monoisotopic (exact) mass is 523 g/mol. The Hall–Kier alpha value is -3.35. The van der Waals surface area contributed by atoms with E-state index >= 15 is 0 Å². The largest absolute Gasteiger partial charge is 0.444 e. The van der Waals surface area contributed by atoms with Crippen LogP contribution in [0.25, 0.3) is 0 Å². The van der Waals surface area contributed by atoms with Gasteiger partial charge in [0.15, 0.2) is 0 Å². The van der Waals surface area contributed by atoms with Crippen LogP contribution >= 0.6 is 0 Å². The molecule has 0 saturated heterocycles. The molecule has 3 unspecified atom stereocenters. The van der Waals surface area contributed by atoms with Crippen LogP contribution in [0.4, 0.5) is 4.79 Å². The molecule has 0 bridgehead atoms. The summed E-state index contributed by atoms with van der Waals surface area (Å²) in [6, 6.07) is 13.3. The summed E-state index contributed by atoms with van der Waals surface area (Å²) in [6.45, 7) is 17.0. The normalized spacial score (nSPS) is 13.8. The lowest BCUT2D eigenvalue weighted by Crippen LogP contribution is -2.56. The molecule has 3 amide bonds. The molecular weight excluding hydrogens is 478 g/mol. The quantitative estimate of drug-likeness (QED) is 0.422. The molecule has 0 heterocycles. The summed E-state index contributed by atoms with van der Waals surface area (Å²) in [4.78, 5) is 42.6. The number of rotatable bonds is 10. The van der Waals surface area contributed by atoms with Crippen LogP contribution in [0.5, 0.6) is 0 Å². The van der Waals surface area contributed by atoms with Gasteiger partial charge in [0.1, 0.15) is 17.7 Å². The van der Waals surface area contributed by atoms with E-state index in [1.165, 1.54) is 0 Å². The first kappa shape index (κ1) is 30.9. The molecule has 0 spiro atoms. The summed E-state index contributed by atoms with van der Waals surface area (Å²) >= 11 is 0. The van der Waals surface area contributed by atoms with Crippen molar-refractivity contribution in [2.75, 3.05) is 0 Å². The van der Waals surface area contributed by atoms with Gasteiger partial charge in [0.05, 0.1) is 0 Å². The summed E-state index contributed by atoms with van der Waals surface area (Å²) in [5, 5.41) is 5.82. The summed E-state index contributed by atoms with van der Waals surface area (Å²) in [7, 11) is 0. The van der Waals surface area contributed by atoms with Gasteiger partial charge in [0, 0.05) is 18.5 Å². The highest BCUT2D eigenvalue weighted by molar-refractivity contribution is 5.92. The van der Waals surface area contributed by atoms with Gasteiger partial charge in [-0.25, -0.2) is 4.79 Å². The molecule has 2 aromatic rings. The average molecular weight is 524 g/mol. The van der Waals surface area contributed by atoms with E-state index in [4.69, 9.17) is 4.74 Å². The van der Waals surface area contributed by atoms with Crippen LogP contribution in [0.2, 0.25) is 0 Å². The number of benzene rings is 2. The predicted molar refractivity (Wildman–Crippen MR) is 152 cm³/mol. The number of nitrogens with zero attached hydrogens (tertiary/aromatic N) is 1. The SMILES string of the molecule is CCC(C)N(C(=O)C(Cc1ccccc1)NC(=O)OC(C)(C)C)C(C(=O)NC(C)C)c1cc(C)cc(C)c1. The van der Waals surface area contributed by atoms with Gasteiger partial charge in [-0.15, -0.1) is 0 Å². The first-order valence-electron chi connectivity index (χ1n) is 13.5. The number of carbonyl (C=O) groups excluding carboxylic acids is 3. The van der Waals surface area contributed by atoms with Gasteiger partial charge in [-0.3, -0.25) is 9.59 Å². The Morgan fingerprint density at radius 1 is 0.921 bits per heavy atom. The first-order valence-corrected chi connectivity index (χ1v) is 13.5. The third-order valence-corrected chi connectivity index (χ3v) is 6.11. The van der Waals surface area contributed by atoms with Crippen molar-refractivity contribution in [1.82, 2.24) is 15.5 Å². The van der Waals surface area contributed by atoms with Gasteiger partial charge < -0.3 is 20.3 Å². The van der Waals surface area contributed by atoms with Gasteiger partial charge in [-0.05, 0) is 72.9 Å². The minimum Gasteiger partial charge on any atom is -0.444 e. The minimum atomic E-state index is -0.929. The van der Waals surface area contributed by atoms with Crippen molar-refractivity contribution in [2.24, 2.45) is 0 Å². The van der Waals surface area contributed by atoms with Gasteiger partial charge in [0.25, 0.3) is 0 Å². The van der Waals surface area contributed by atoms with Crippen molar-refractivity contribution in [2.45, 2.75) is 105 Å². The lowest BCUT2D eigenvalue weighted by Gasteiger charge is -2.38. The number of aryl methyl sites for hydroxylation is 2. The van der Waals surface area contributed by atoms with E-state index in [0.29, 0.717) is 6.42 Å². The molecule has 7 heteroatoms. The molecule has 2 N–H and O–H groups in total. The van der Waals surface area contributed by atoms with Gasteiger partial charge in [-0.1, -0.05) is 66.6 Å². The maximum Gasteiger partial charge on any atom is 0.408 e. The Morgan fingerprint density at radius 2 is 1.50 bits per heavy atom. The first-order chi connectivity index (χ1) is 17.7. The molecule has 0 radical (unpaired) electrons. The fourth-order valence-electron chi connectivity index (χ4n) is 4.44. The van der Waals surface area contributed by atoms with E-state index in [2.05, 4.69) is 10.6 Å². The number of amides is 3. The maximum absolute atomic E-state index is 14.4. The Balaban J connectivity index is 2.61. The molecule has 3 atom stereocenters. The summed E-state index contributed by atoms with van der Waals surface area (Å²) in [6.07, 6.45) is 0.217. The van der Waals surface area contributed by atoms with E-state index in [1.54, 1.807) is 25.7 Å². The standard InChI is InChI=1S/C31H45N3O4/c1-10-23(6)34(27(28(35)32-20(2)3)25-17-21(4)16-22(5)18-25)29(36)26(19-24-14-12-11-13-15-24)33-30(37)38-31(7,8)9/h11-18,20,23,26-27H,10,19H2,1-9H3,(H,32,35)(H,33,37). The third kappa shape index (κ3) is 9.19. The number of hydrogen-bond donors (Lipinski definition) is 2. The topological polar surface area (TPSA) is 87.7 Å². The van der Waals surface area contributed by atoms with Crippen LogP contribution in [0.3, 0.4) is 0 Å². The molecule has 0 aromatic heterocycles. The fraction of sp³-hybridized carbons (Fsp3) is 0.516. The molecule has 0 aliphatic rings. The van der Waals surface area contributed by atoms with Crippen LogP contribution in [0.15, 0.2) is 48.5 Å². The van der Waals surface area contributed by atoms with Crippen LogP contribution in [-0.2, 0) is 20.7 Å². The second kappa shape index (κ2) is 13.4. The van der Waals surface area contributed by atoms with Crippen LogP contribution in [-0.4, -0.2) is 46.5 Å². The van der Waals surface area contributed by atoms with Crippen LogP contribution in [0.1, 0.15) is 83.2 Å². The number of hydrogen-bond acceptors (Lipinski definition) is 4. The van der Waals surface area contributed by atoms with Crippen molar-refractivity contribution in [3.05, 3.63) is 70.8 Å². The average Bonchev–Trinajstić information content (AvgIpc) is 2.79. The number of ether oxygens (including phenoxy) is 1. The van der Waals surface area contributed by atoms with E-state index in [-0.39, 0.29) is 30.3 Å². The highest BCUT2D eigenvalue weighted by atomic mass is 16.6. The highest BCUT2D eigenvalue weighted by Crippen LogP contribution is 2.28. The Labute approximate surface area is 228 Å². The van der Waals surface area contributed by atoms with E-state index < -0.39 is 23.8 Å². The molecule has 0 aliphatic carbocycles. The molecule has 0 aliphatic heterocycles. The lowest BCUT2D eigenvalue weighted by molar-refractivity contribution is -0.145. The molecule has 2 rings (SSSR count). The summed E-state index contributed by atoms with van der Waals surface area (Å²) < 4.78 is 5.50. The summed E-state index contributed by atoms with van der Waals surface area (Å²) in [5.41, 5.74) is 2.92. The molecule has 2 aromatic carbocycles. The number of carbonyl (C=O) groups is 3. The van der Waals surface area contributed by atoms with Gasteiger partial charge >= 0.3 is 6.09 Å². The molecule has 38 heavy (non-hydrogen) atoms. The van der Waals surface area contributed by atoms with Crippen molar-refractivity contribution >= 4 is 17.9 Å². The lowest BCUT2D eigenvalue weighted by atomic mass is 9.95. The molecular formula is C31H45N3O4. The molecule has 208 valence electrons. The Bertz CT molecular complexity index is 1070. The molecule has 0 saturated carbocycles. The zero-order valence-electron chi connectivity index (χ0n) is 24.4. The predicted octanol–water partition coefficient (Wildman–Crippen LogP) is 5.63. The van der Waals surface area contributed by atoms with E-state index in [1.807, 2.05) is 90.1 Å². The van der Waals surface area contributed by atoms with Gasteiger partial charge in [0.2, 0.25) is 11.8 Å². The molecule has 7 nitrogen and oxygen atoms in total. The highest BCUT2D eigenvalue weighted by Gasteiger charge is 2.38. The zero-order chi connectivity index (χ0) is 28.6. The van der Waals surface area contributed by atoms with Crippen molar-refractivity contribution in [1.29, 1.82) is 0 Å². The zero-order valence-corrected chi connectivity index (χ0v) is 24.4. The van der Waals surface area contributed by atoms with E-state index in [9.17, 15) is 14.4 Å². The smallest absolute Gasteiger partial charge is 0.408 e. The van der Waals surface area contributed by atoms with Crippen molar-refractivity contribution in [3.8, 4) is 0 Å². The molecule has 0 fully saturated rings. The van der Waals surface area contributed by atoms with Crippen molar-refractivity contribution < 1.29 is 19.1 Å². The van der Waals surface area contributed by atoms with E-state index in [0.717, 1.165) is 22.3 Å². The third-order valence-electron chi connectivity index (χ3n) is 6.11. The summed E-state index contributed by atoms with van der Waals surface area (Å²) in [5.74, 6) is -0.591. The Morgan fingerprint density at radius 3 is 2.00 bits per heavy atom. The number of alkyl carbamates (subject to hydrolysis) is 1. The fourth-order valence-corrected chi connectivity index (χ4v) is 4.44. The maximum atomic E-state index is 14.4. The Kier molecular flexibility index (Phi) is 10.9. The second-order valence-corrected chi connectivity index (χ2v) is 11.4. The van der Waals surface area contributed by atoms with Crippen LogP contribution < -0.4 is 10.6 Å². The van der Waals surface area contributed by atoms with Crippen LogP contribution in [0, 0.1) is 13.8 Å². The number of nitrogens with one attached hydrogen (secondary N) is 2. The second-order valence-electron chi connectivity index (χ2n) is 11.4. The minimum absolute atomic E-state index is 0.107. The van der Waals surface area contributed by atoms with Crippen molar-refractivity contribution in [3.63, 3.8) is 0 Å². The van der Waals surface area contributed by atoms with Gasteiger partial charge in [-0.2, -0.15) is 0 Å².